The van der Waals surface area contributed by atoms with Gasteiger partial charge in [0.05, 0.1) is 18.0 Å². The fourth-order valence-corrected chi connectivity index (χ4v) is 5.63. The minimum atomic E-state index is -0.680. The van der Waals surface area contributed by atoms with Gasteiger partial charge in [0.2, 0.25) is 5.91 Å². The van der Waals surface area contributed by atoms with Crippen LogP contribution in [-0.2, 0) is 11.2 Å². The molecule has 0 aliphatic carbocycles. The Hall–Kier alpha value is -2.89. The summed E-state index contributed by atoms with van der Waals surface area (Å²) in [6.07, 6.45) is 3.23. The van der Waals surface area contributed by atoms with Crippen molar-refractivity contribution in [3.8, 4) is 0 Å². The van der Waals surface area contributed by atoms with E-state index < -0.39 is 12.7 Å². The zero-order valence-electron chi connectivity index (χ0n) is 17.5. The molecule has 4 atom stereocenters. The van der Waals surface area contributed by atoms with Crippen LogP contribution in [0.25, 0.3) is 0 Å². The standard InChI is InChI=1S/C25H28FN3O2/c26-16-21(18-8-2-1-3-9-18)27-25(31)29-13-6-11-20-23(29)15-22-19-10-5-4-7-17(19)12-14-28(22)24(20)30/h1-5,7-10,20-23H,6,11-16H2,(H,27,31)/t20-,21+,22+,23-/m1/s1. The van der Waals surface area contributed by atoms with Crippen molar-refractivity contribution in [1.29, 1.82) is 0 Å². The van der Waals surface area contributed by atoms with Gasteiger partial charge >= 0.3 is 6.03 Å². The monoisotopic (exact) mass is 421 g/mol. The van der Waals surface area contributed by atoms with E-state index in [9.17, 15) is 14.0 Å². The highest BCUT2D eigenvalue weighted by Crippen LogP contribution is 2.43. The van der Waals surface area contributed by atoms with Gasteiger partial charge in [-0.15, -0.1) is 0 Å². The number of benzene rings is 2. The molecule has 6 heteroatoms. The Labute approximate surface area is 182 Å². The molecule has 3 amide bonds. The number of rotatable bonds is 3. The molecule has 1 N–H and O–H groups in total. The predicted octanol–water partition coefficient (Wildman–Crippen LogP) is 4.02. The number of urea groups is 1. The minimum Gasteiger partial charge on any atom is -0.335 e. The van der Waals surface area contributed by atoms with Crippen molar-refractivity contribution in [2.24, 2.45) is 5.92 Å². The number of halogens is 1. The molecular weight excluding hydrogens is 393 g/mol. The zero-order chi connectivity index (χ0) is 21.4. The number of nitrogens with one attached hydrogen (secondary N) is 1. The Morgan fingerprint density at radius 2 is 1.87 bits per heavy atom. The van der Waals surface area contributed by atoms with Crippen molar-refractivity contribution >= 4 is 11.9 Å². The van der Waals surface area contributed by atoms with Gasteiger partial charge in [-0.1, -0.05) is 54.6 Å². The summed E-state index contributed by atoms with van der Waals surface area (Å²) in [4.78, 5) is 30.4. The molecule has 2 saturated heterocycles. The molecule has 3 heterocycles. The Kier molecular flexibility index (Phi) is 5.38. The maximum absolute atomic E-state index is 13.8. The van der Waals surface area contributed by atoms with Crippen LogP contribution in [0.2, 0.25) is 0 Å². The number of carbonyl (C=O) groups is 2. The molecule has 5 nitrogen and oxygen atoms in total. The summed E-state index contributed by atoms with van der Waals surface area (Å²) in [6, 6.07) is 16.4. The van der Waals surface area contributed by atoms with E-state index in [4.69, 9.17) is 0 Å². The summed E-state index contributed by atoms with van der Waals surface area (Å²) in [7, 11) is 0. The zero-order valence-corrected chi connectivity index (χ0v) is 17.5. The molecule has 31 heavy (non-hydrogen) atoms. The number of piperidine rings is 2. The summed E-state index contributed by atoms with van der Waals surface area (Å²) in [5, 5.41) is 2.88. The molecule has 2 aromatic rings. The van der Waals surface area contributed by atoms with Gasteiger partial charge in [0, 0.05) is 19.1 Å². The number of fused-ring (bicyclic) bond motifs is 4. The Balaban J connectivity index is 1.39. The summed E-state index contributed by atoms with van der Waals surface area (Å²) in [5.41, 5.74) is 3.25. The van der Waals surface area contributed by atoms with Gasteiger partial charge in [0.25, 0.3) is 0 Å². The molecule has 0 radical (unpaired) electrons. The normalized spacial score (nSPS) is 25.8. The number of amides is 3. The number of carbonyl (C=O) groups excluding carboxylic acids is 2. The van der Waals surface area contributed by atoms with Crippen LogP contribution in [0.5, 0.6) is 0 Å². The summed E-state index contributed by atoms with van der Waals surface area (Å²) in [5.74, 6) is -0.0000759. The van der Waals surface area contributed by atoms with E-state index in [1.165, 1.54) is 11.1 Å². The van der Waals surface area contributed by atoms with Crippen LogP contribution in [-0.4, -0.2) is 47.5 Å². The summed E-state index contributed by atoms with van der Waals surface area (Å²) >= 11 is 0. The van der Waals surface area contributed by atoms with Gasteiger partial charge in [-0.2, -0.15) is 0 Å². The van der Waals surface area contributed by atoms with Crippen LogP contribution in [0, 0.1) is 5.92 Å². The van der Waals surface area contributed by atoms with Gasteiger partial charge in [-0.25, -0.2) is 9.18 Å². The highest BCUT2D eigenvalue weighted by Gasteiger charge is 2.48. The van der Waals surface area contributed by atoms with Crippen molar-refractivity contribution in [1.82, 2.24) is 15.1 Å². The number of hydrogen-bond donors (Lipinski definition) is 1. The maximum atomic E-state index is 13.8. The molecule has 3 aliphatic rings. The molecule has 3 aliphatic heterocycles. The minimum absolute atomic E-state index is 0.0122. The maximum Gasteiger partial charge on any atom is 0.318 e. The number of nitrogens with zero attached hydrogens (tertiary/aromatic N) is 2. The second kappa shape index (κ2) is 8.33. The summed E-state index contributed by atoms with van der Waals surface area (Å²) in [6.45, 7) is 0.677. The fraction of sp³-hybridized carbons (Fsp3) is 0.440. The van der Waals surface area contributed by atoms with Crippen LogP contribution in [0.4, 0.5) is 9.18 Å². The molecule has 2 fully saturated rings. The first-order valence-corrected chi connectivity index (χ1v) is 11.2. The van der Waals surface area contributed by atoms with E-state index in [1.54, 1.807) is 4.90 Å². The van der Waals surface area contributed by atoms with Crippen molar-refractivity contribution in [2.45, 2.75) is 43.8 Å². The lowest BCUT2D eigenvalue weighted by molar-refractivity contribution is -0.148. The topological polar surface area (TPSA) is 52.7 Å². The SMILES string of the molecule is O=C(N[C@@H](CF)c1ccccc1)N1CCC[C@H]2C(=O)N3CCc4ccccc4[C@@H]3C[C@H]21. The first-order valence-electron chi connectivity index (χ1n) is 11.2. The number of hydrogen-bond acceptors (Lipinski definition) is 2. The summed E-state index contributed by atoms with van der Waals surface area (Å²) < 4.78 is 13.8. The average molecular weight is 422 g/mol. The fourth-order valence-electron chi connectivity index (χ4n) is 5.63. The first-order chi connectivity index (χ1) is 15.2. The van der Waals surface area contributed by atoms with Crippen LogP contribution in [0.3, 0.4) is 0 Å². The van der Waals surface area contributed by atoms with Crippen molar-refractivity contribution in [2.75, 3.05) is 19.8 Å². The smallest absolute Gasteiger partial charge is 0.318 e. The third kappa shape index (κ3) is 3.58. The molecule has 2 aromatic carbocycles. The van der Waals surface area contributed by atoms with Crippen molar-refractivity contribution in [3.63, 3.8) is 0 Å². The second-order valence-electron chi connectivity index (χ2n) is 8.81. The van der Waals surface area contributed by atoms with E-state index in [0.29, 0.717) is 6.54 Å². The molecule has 0 spiro atoms. The highest BCUT2D eigenvalue weighted by atomic mass is 19.1. The van der Waals surface area contributed by atoms with Gasteiger partial charge in [0.1, 0.15) is 6.67 Å². The Morgan fingerprint density at radius 3 is 2.68 bits per heavy atom. The largest absolute Gasteiger partial charge is 0.335 e. The first kappa shape index (κ1) is 20.0. The lowest BCUT2D eigenvalue weighted by Crippen LogP contribution is -2.61. The Bertz CT molecular complexity index is 966. The molecule has 0 bridgehead atoms. The third-order valence-corrected chi connectivity index (χ3v) is 7.17. The van der Waals surface area contributed by atoms with Crippen LogP contribution >= 0.6 is 0 Å². The van der Waals surface area contributed by atoms with Crippen LogP contribution < -0.4 is 5.32 Å². The van der Waals surface area contributed by atoms with Gasteiger partial charge < -0.3 is 15.1 Å². The third-order valence-electron chi connectivity index (χ3n) is 7.17. The van der Waals surface area contributed by atoms with E-state index in [1.807, 2.05) is 47.4 Å². The molecule has 5 rings (SSSR count). The van der Waals surface area contributed by atoms with Gasteiger partial charge in [-0.05, 0) is 42.4 Å². The number of alkyl halides is 1. The van der Waals surface area contributed by atoms with Crippen LogP contribution in [0.15, 0.2) is 54.6 Å². The van der Waals surface area contributed by atoms with Gasteiger partial charge in [0.15, 0.2) is 0 Å². The van der Waals surface area contributed by atoms with E-state index in [0.717, 1.165) is 37.8 Å². The highest BCUT2D eigenvalue weighted by molar-refractivity contribution is 5.83. The lowest BCUT2D eigenvalue weighted by Gasteiger charge is -2.51. The Morgan fingerprint density at radius 1 is 1.10 bits per heavy atom. The average Bonchev–Trinajstić information content (AvgIpc) is 2.82. The lowest BCUT2D eigenvalue weighted by atomic mass is 9.76. The van der Waals surface area contributed by atoms with Gasteiger partial charge in [-0.3, -0.25) is 4.79 Å². The molecule has 0 unspecified atom stereocenters. The van der Waals surface area contributed by atoms with Crippen molar-refractivity contribution in [3.05, 3.63) is 71.3 Å². The van der Waals surface area contributed by atoms with Crippen molar-refractivity contribution < 1.29 is 14.0 Å². The molecular formula is C25H28FN3O2. The van der Waals surface area contributed by atoms with E-state index in [-0.39, 0.29) is 29.9 Å². The number of likely N-dealkylation sites (tertiary alicyclic amines) is 1. The second-order valence-corrected chi connectivity index (χ2v) is 8.81. The quantitative estimate of drug-likeness (QED) is 0.814. The van der Waals surface area contributed by atoms with Crippen LogP contribution in [0.1, 0.15) is 48.0 Å². The molecule has 162 valence electrons. The molecule has 0 aromatic heterocycles. The van der Waals surface area contributed by atoms with E-state index in [2.05, 4.69) is 17.4 Å². The van der Waals surface area contributed by atoms with E-state index >= 15 is 0 Å². The predicted molar refractivity (Wildman–Crippen MR) is 116 cm³/mol. The molecule has 0 saturated carbocycles.